The molecule has 7 heteroatoms. The maximum absolute atomic E-state index is 13.3. The highest BCUT2D eigenvalue weighted by Crippen LogP contribution is 2.25. The molecule has 0 aliphatic rings. The van der Waals surface area contributed by atoms with Crippen molar-refractivity contribution in [3.63, 3.8) is 0 Å². The molecule has 2 N–H and O–H groups in total. The van der Waals surface area contributed by atoms with E-state index < -0.39 is 0 Å². The van der Waals surface area contributed by atoms with Gasteiger partial charge in [0.05, 0.1) is 19.5 Å². The second kappa shape index (κ2) is 7.44. The first-order chi connectivity index (χ1) is 10.6. The Morgan fingerprint density at radius 1 is 1.50 bits per heavy atom. The first-order valence-electron chi connectivity index (χ1n) is 6.93. The molecule has 0 saturated heterocycles. The topological polar surface area (TPSA) is 68.2 Å². The van der Waals surface area contributed by atoms with Gasteiger partial charge in [0.1, 0.15) is 11.6 Å². The zero-order valence-electron chi connectivity index (χ0n) is 12.5. The van der Waals surface area contributed by atoms with Crippen LogP contribution in [0.4, 0.5) is 9.18 Å². The molecule has 2 rings (SSSR count). The number of aromatic nitrogens is 2. The quantitative estimate of drug-likeness (QED) is 0.858. The van der Waals surface area contributed by atoms with Crippen molar-refractivity contribution in [3.8, 4) is 5.75 Å². The third-order valence-corrected chi connectivity index (χ3v) is 3.22. The van der Waals surface area contributed by atoms with Crippen molar-refractivity contribution in [1.29, 1.82) is 0 Å². The van der Waals surface area contributed by atoms with Gasteiger partial charge in [-0.15, -0.1) is 0 Å². The zero-order chi connectivity index (χ0) is 15.9. The summed E-state index contributed by atoms with van der Waals surface area (Å²) in [5.41, 5.74) is 0.590. The summed E-state index contributed by atoms with van der Waals surface area (Å²) in [6.45, 7) is 2.87. The van der Waals surface area contributed by atoms with Crippen LogP contribution in [0.3, 0.4) is 0 Å². The van der Waals surface area contributed by atoms with Crippen LogP contribution in [0.25, 0.3) is 0 Å². The van der Waals surface area contributed by atoms with Crippen LogP contribution < -0.4 is 15.4 Å². The fraction of sp³-hybridized carbons (Fsp3) is 0.333. The number of carbonyl (C=O) groups is 1. The molecule has 0 fully saturated rings. The SMILES string of the molecule is COc1ccc(F)cc1[C@H](C)NC(=O)NCCn1ccnc1. The molecule has 0 spiro atoms. The minimum atomic E-state index is -0.376. The van der Waals surface area contributed by atoms with Gasteiger partial charge in [0.15, 0.2) is 0 Å². The smallest absolute Gasteiger partial charge is 0.315 e. The minimum Gasteiger partial charge on any atom is -0.496 e. The summed E-state index contributed by atoms with van der Waals surface area (Å²) < 4.78 is 20.4. The Kier molecular flexibility index (Phi) is 5.35. The van der Waals surface area contributed by atoms with Gasteiger partial charge in [-0.2, -0.15) is 0 Å². The van der Waals surface area contributed by atoms with E-state index in [1.165, 1.54) is 19.2 Å². The lowest BCUT2D eigenvalue weighted by Gasteiger charge is -2.18. The number of halogens is 1. The van der Waals surface area contributed by atoms with Crippen LogP contribution >= 0.6 is 0 Å². The summed E-state index contributed by atoms with van der Waals surface area (Å²) in [4.78, 5) is 15.8. The summed E-state index contributed by atoms with van der Waals surface area (Å²) in [5.74, 6) is 0.164. The number of amides is 2. The average molecular weight is 306 g/mol. The molecule has 118 valence electrons. The predicted molar refractivity (Wildman–Crippen MR) is 80.1 cm³/mol. The second-order valence-electron chi connectivity index (χ2n) is 4.81. The first-order valence-corrected chi connectivity index (χ1v) is 6.93. The second-order valence-corrected chi connectivity index (χ2v) is 4.81. The van der Waals surface area contributed by atoms with E-state index in [1.807, 2.05) is 10.8 Å². The molecular weight excluding hydrogens is 287 g/mol. The number of carbonyl (C=O) groups excluding carboxylic acids is 1. The van der Waals surface area contributed by atoms with E-state index in [0.29, 0.717) is 24.4 Å². The number of rotatable bonds is 6. The van der Waals surface area contributed by atoms with Crippen molar-refractivity contribution in [1.82, 2.24) is 20.2 Å². The van der Waals surface area contributed by atoms with Crippen molar-refractivity contribution >= 4 is 6.03 Å². The third-order valence-electron chi connectivity index (χ3n) is 3.22. The number of urea groups is 1. The summed E-state index contributed by atoms with van der Waals surface area (Å²) >= 11 is 0. The Morgan fingerprint density at radius 2 is 2.32 bits per heavy atom. The predicted octanol–water partition coefficient (Wildman–Crippen LogP) is 2.09. The lowest BCUT2D eigenvalue weighted by atomic mass is 10.1. The summed E-state index contributed by atoms with van der Waals surface area (Å²) in [6, 6.07) is 3.52. The average Bonchev–Trinajstić information content (AvgIpc) is 3.00. The van der Waals surface area contributed by atoms with Crippen LogP contribution in [-0.4, -0.2) is 29.2 Å². The molecule has 1 heterocycles. The molecule has 2 amide bonds. The highest BCUT2D eigenvalue weighted by molar-refractivity contribution is 5.74. The third kappa shape index (κ3) is 4.21. The van der Waals surface area contributed by atoms with Crippen LogP contribution in [0.5, 0.6) is 5.75 Å². The molecule has 1 aromatic carbocycles. The van der Waals surface area contributed by atoms with Gasteiger partial charge in [0, 0.05) is 31.0 Å². The van der Waals surface area contributed by atoms with Crippen molar-refractivity contribution in [2.24, 2.45) is 0 Å². The highest BCUT2D eigenvalue weighted by atomic mass is 19.1. The first kappa shape index (κ1) is 15.8. The summed E-state index contributed by atoms with van der Waals surface area (Å²) in [6.07, 6.45) is 5.18. The normalized spacial score (nSPS) is 11.8. The van der Waals surface area contributed by atoms with E-state index >= 15 is 0 Å². The van der Waals surface area contributed by atoms with Gasteiger partial charge in [0.2, 0.25) is 0 Å². The van der Waals surface area contributed by atoms with E-state index in [4.69, 9.17) is 4.74 Å². The minimum absolute atomic E-state index is 0.320. The van der Waals surface area contributed by atoms with Crippen molar-refractivity contribution in [2.75, 3.05) is 13.7 Å². The van der Waals surface area contributed by atoms with Crippen LogP contribution in [0.2, 0.25) is 0 Å². The fourth-order valence-corrected chi connectivity index (χ4v) is 2.09. The Morgan fingerprint density at radius 3 is 3.00 bits per heavy atom. The molecule has 0 unspecified atom stereocenters. The van der Waals surface area contributed by atoms with E-state index in [-0.39, 0.29) is 17.9 Å². The molecule has 1 atom stereocenters. The number of ether oxygens (including phenoxy) is 1. The van der Waals surface area contributed by atoms with Gasteiger partial charge in [-0.25, -0.2) is 14.2 Å². The van der Waals surface area contributed by atoms with Gasteiger partial charge in [0.25, 0.3) is 0 Å². The van der Waals surface area contributed by atoms with Gasteiger partial charge in [-0.1, -0.05) is 0 Å². The molecule has 0 aliphatic heterocycles. The Labute approximate surface area is 128 Å². The summed E-state index contributed by atoms with van der Waals surface area (Å²) in [7, 11) is 1.51. The standard InChI is InChI=1S/C15H19FN4O2/c1-11(13-9-12(16)3-4-14(13)22-2)19-15(21)18-6-8-20-7-5-17-10-20/h3-5,7,9-11H,6,8H2,1-2H3,(H2,18,19,21)/t11-/m0/s1. The Balaban J connectivity index is 1.86. The fourth-order valence-electron chi connectivity index (χ4n) is 2.09. The number of methoxy groups -OCH3 is 1. The maximum Gasteiger partial charge on any atom is 0.315 e. The molecule has 0 radical (unpaired) electrons. The maximum atomic E-state index is 13.3. The van der Waals surface area contributed by atoms with E-state index in [1.54, 1.807) is 25.5 Å². The van der Waals surface area contributed by atoms with Gasteiger partial charge in [-0.05, 0) is 25.1 Å². The van der Waals surface area contributed by atoms with E-state index in [2.05, 4.69) is 15.6 Å². The molecular formula is C15H19FN4O2. The number of hydrogen-bond donors (Lipinski definition) is 2. The summed E-state index contributed by atoms with van der Waals surface area (Å²) in [5, 5.41) is 5.50. The molecule has 22 heavy (non-hydrogen) atoms. The van der Waals surface area contributed by atoms with Crippen LogP contribution in [0, 0.1) is 5.82 Å². The number of hydrogen-bond acceptors (Lipinski definition) is 3. The van der Waals surface area contributed by atoms with Crippen LogP contribution in [-0.2, 0) is 6.54 Å². The van der Waals surface area contributed by atoms with Crippen LogP contribution in [0.15, 0.2) is 36.9 Å². The molecule has 2 aromatic rings. The molecule has 1 aromatic heterocycles. The molecule has 0 saturated carbocycles. The van der Waals surface area contributed by atoms with Gasteiger partial charge in [-0.3, -0.25) is 0 Å². The largest absolute Gasteiger partial charge is 0.496 e. The van der Waals surface area contributed by atoms with Crippen LogP contribution in [0.1, 0.15) is 18.5 Å². The Bertz CT molecular complexity index is 616. The van der Waals surface area contributed by atoms with Gasteiger partial charge < -0.3 is 19.9 Å². The molecule has 0 aliphatic carbocycles. The number of nitrogens with one attached hydrogen (secondary N) is 2. The molecule has 6 nitrogen and oxygen atoms in total. The lowest BCUT2D eigenvalue weighted by molar-refractivity contribution is 0.237. The number of benzene rings is 1. The van der Waals surface area contributed by atoms with Crippen molar-refractivity contribution < 1.29 is 13.9 Å². The Hall–Kier alpha value is -2.57. The lowest BCUT2D eigenvalue weighted by Crippen LogP contribution is -2.38. The van der Waals surface area contributed by atoms with Crippen molar-refractivity contribution in [2.45, 2.75) is 19.5 Å². The van der Waals surface area contributed by atoms with E-state index in [9.17, 15) is 9.18 Å². The number of imidazole rings is 1. The molecule has 0 bridgehead atoms. The van der Waals surface area contributed by atoms with Crippen molar-refractivity contribution in [3.05, 3.63) is 48.3 Å². The van der Waals surface area contributed by atoms with E-state index in [0.717, 1.165) is 0 Å². The van der Waals surface area contributed by atoms with Gasteiger partial charge >= 0.3 is 6.03 Å². The monoisotopic (exact) mass is 306 g/mol. The highest BCUT2D eigenvalue weighted by Gasteiger charge is 2.14. The number of nitrogens with zero attached hydrogens (tertiary/aromatic N) is 2. The zero-order valence-corrected chi connectivity index (χ0v) is 12.5.